The number of hydrogen-bond acceptors (Lipinski definition) is 6. The summed E-state index contributed by atoms with van der Waals surface area (Å²) in [4.78, 5) is 29.7. The molecule has 4 rings (SSSR count). The molecule has 4 aromatic rings. The van der Waals surface area contributed by atoms with Crippen LogP contribution in [0.3, 0.4) is 0 Å². The minimum atomic E-state index is -0.483. The first-order valence-electron chi connectivity index (χ1n) is 10.3. The van der Waals surface area contributed by atoms with Gasteiger partial charge < -0.3 is 4.74 Å². The highest BCUT2D eigenvalue weighted by atomic mass is 19.1. The molecule has 1 N–H and O–H groups in total. The topological polar surface area (TPSA) is 95.4 Å². The summed E-state index contributed by atoms with van der Waals surface area (Å²) in [6.07, 6.45) is 1.61. The lowest BCUT2D eigenvalue weighted by Crippen LogP contribution is -2.37. The molecule has 0 radical (unpaired) electrons. The third-order valence-electron chi connectivity index (χ3n) is 5.17. The number of ether oxygens (including phenoxy) is 1. The van der Waals surface area contributed by atoms with Gasteiger partial charge in [0.1, 0.15) is 11.6 Å². The highest BCUT2D eigenvalue weighted by Gasteiger charge is 2.19. The Kier molecular flexibility index (Phi) is 6.07. The zero-order chi connectivity index (χ0) is 23.5. The molecule has 0 saturated heterocycles. The lowest BCUT2D eigenvalue weighted by Gasteiger charge is -2.09. The number of fused-ring (bicyclic) bond motifs is 1. The molecule has 0 fully saturated rings. The Balaban J connectivity index is 1.73. The molecule has 0 aliphatic heterocycles. The van der Waals surface area contributed by atoms with E-state index in [1.807, 2.05) is 31.2 Å². The highest BCUT2D eigenvalue weighted by Crippen LogP contribution is 2.18. The second-order valence-electron chi connectivity index (χ2n) is 7.40. The number of anilines is 1. The van der Waals surface area contributed by atoms with Crippen LogP contribution in [0.15, 0.2) is 63.2 Å². The molecule has 0 unspecified atom stereocenters. The molecule has 10 heteroatoms. The molecule has 0 bridgehead atoms. The van der Waals surface area contributed by atoms with Crippen LogP contribution in [0.25, 0.3) is 11.2 Å². The number of aryl methyl sites for hydroxylation is 1. The van der Waals surface area contributed by atoms with Crippen LogP contribution in [0.2, 0.25) is 0 Å². The Bertz CT molecular complexity index is 1430. The second-order valence-corrected chi connectivity index (χ2v) is 7.40. The molecule has 170 valence electrons. The van der Waals surface area contributed by atoms with E-state index in [9.17, 15) is 14.0 Å². The zero-order valence-electron chi connectivity index (χ0n) is 18.4. The Hall–Kier alpha value is -4.21. The molecule has 0 spiro atoms. The summed E-state index contributed by atoms with van der Waals surface area (Å²) in [5.74, 6) is 0.682. The van der Waals surface area contributed by atoms with Crippen molar-refractivity contribution in [3.8, 4) is 5.75 Å². The van der Waals surface area contributed by atoms with Crippen LogP contribution in [-0.2, 0) is 20.6 Å². The number of imidazole rings is 1. The number of hydrogen-bond donors (Lipinski definition) is 1. The van der Waals surface area contributed by atoms with E-state index in [2.05, 4.69) is 15.5 Å². The van der Waals surface area contributed by atoms with Gasteiger partial charge in [0, 0.05) is 14.1 Å². The van der Waals surface area contributed by atoms with Gasteiger partial charge in [0.15, 0.2) is 11.2 Å². The SMILES string of the molecule is CCOc1ccc(/C=N/Nc2nc3c(c(=O)n(C)c(=O)n3C)n2Cc2ccc(F)cc2)cc1. The van der Waals surface area contributed by atoms with E-state index in [1.54, 1.807) is 30.0 Å². The minimum absolute atomic E-state index is 0.226. The summed E-state index contributed by atoms with van der Waals surface area (Å²) in [5, 5.41) is 4.25. The van der Waals surface area contributed by atoms with Gasteiger partial charge in [-0.1, -0.05) is 12.1 Å². The van der Waals surface area contributed by atoms with Crippen molar-refractivity contribution >= 4 is 23.3 Å². The van der Waals surface area contributed by atoms with E-state index < -0.39 is 11.2 Å². The number of rotatable bonds is 7. The standard InChI is InChI=1S/C23H23FN6O3/c1-4-33-18-11-7-15(8-12-18)13-25-27-22-26-20-19(21(31)29(3)23(32)28(20)2)30(22)14-16-5-9-17(24)10-6-16/h5-13H,4,14H2,1-3H3,(H,26,27)/b25-13+. The summed E-state index contributed by atoms with van der Waals surface area (Å²) < 4.78 is 22.7. The molecular weight excluding hydrogens is 427 g/mol. The molecule has 0 aliphatic rings. The fraction of sp³-hybridized carbons (Fsp3) is 0.217. The Morgan fingerprint density at radius 2 is 1.76 bits per heavy atom. The van der Waals surface area contributed by atoms with Crippen molar-refractivity contribution in [3.63, 3.8) is 0 Å². The maximum Gasteiger partial charge on any atom is 0.332 e. The first-order valence-corrected chi connectivity index (χ1v) is 10.3. The number of aromatic nitrogens is 4. The molecule has 2 aromatic heterocycles. The summed E-state index contributed by atoms with van der Waals surface area (Å²) in [6.45, 7) is 2.73. The van der Waals surface area contributed by atoms with Gasteiger partial charge >= 0.3 is 5.69 Å². The van der Waals surface area contributed by atoms with Crippen LogP contribution in [-0.4, -0.2) is 31.5 Å². The van der Waals surface area contributed by atoms with Gasteiger partial charge in [-0.2, -0.15) is 10.1 Å². The molecule has 0 aliphatic carbocycles. The van der Waals surface area contributed by atoms with Crippen LogP contribution < -0.4 is 21.4 Å². The van der Waals surface area contributed by atoms with Crippen molar-refractivity contribution in [2.75, 3.05) is 12.0 Å². The van der Waals surface area contributed by atoms with E-state index >= 15 is 0 Å². The maximum atomic E-state index is 13.4. The predicted molar refractivity (Wildman–Crippen MR) is 125 cm³/mol. The van der Waals surface area contributed by atoms with E-state index in [4.69, 9.17) is 4.74 Å². The van der Waals surface area contributed by atoms with Crippen molar-refractivity contribution in [1.29, 1.82) is 0 Å². The lowest BCUT2D eigenvalue weighted by molar-refractivity contribution is 0.340. The first-order chi connectivity index (χ1) is 15.9. The second kappa shape index (κ2) is 9.11. The third kappa shape index (κ3) is 4.40. The van der Waals surface area contributed by atoms with Crippen molar-refractivity contribution in [2.24, 2.45) is 19.2 Å². The van der Waals surface area contributed by atoms with Gasteiger partial charge in [0.25, 0.3) is 5.56 Å². The lowest BCUT2D eigenvalue weighted by atomic mass is 10.2. The van der Waals surface area contributed by atoms with Crippen LogP contribution in [0.1, 0.15) is 18.1 Å². The average Bonchev–Trinajstić information content (AvgIpc) is 3.17. The molecular formula is C23H23FN6O3. The third-order valence-corrected chi connectivity index (χ3v) is 5.17. The Morgan fingerprint density at radius 1 is 1.06 bits per heavy atom. The van der Waals surface area contributed by atoms with E-state index in [0.717, 1.165) is 21.4 Å². The van der Waals surface area contributed by atoms with Crippen molar-refractivity contribution in [3.05, 3.63) is 86.3 Å². The monoisotopic (exact) mass is 450 g/mol. The van der Waals surface area contributed by atoms with Crippen molar-refractivity contribution in [2.45, 2.75) is 13.5 Å². The molecule has 0 atom stereocenters. The van der Waals surface area contributed by atoms with Gasteiger partial charge in [-0.25, -0.2) is 14.6 Å². The summed E-state index contributed by atoms with van der Waals surface area (Å²) in [7, 11) is 2.96. The molecule has 33 heavy (non-hydrogen) atoms. The average molecular weight is 450 g/mol. The van der Waals surface area contributed by atoms with Crippen LogP contribution in [0.5, 0.6) is 5.75 Å². The number of nitrogens with zero attached hydrogens (tertiary/aromatic N) is 5. The van der Waals surface area contributed by atoms with Gasteiger partial charge in [-0.3, -0.25) is 18.5 Å². The van der Waals surface area contributed by atoms with Crippen molar-refractivity contribution in [1.82, 2.24) is 18.7 Å². The summed E-state index contributed by atoms with van der Waals surface area (Å²) in [6, 6.07) is 13.3. The number of halogens is 1. The number of hydrazone groups is 1. The predicted octanol–water partition coefficient (Wildman–Crippen LogP) is 2.47. The first kappa shape index (κ1) is 22.0. The van der Waals surface area contributed by atoms with E-state index in [-0.39, 0.29) is 29.5 Å². The Morgan fingerprint density at radius 3 is 2.42 bits per heavy atom. The maximum absolute atomic E-state index is 13.4. The fourth-order valence-corrected chi connectivity index (χ4v) is 3.44. The zero-order valence-corrected chi connectivity index (χ0v) is 18.4. The molecule has 2 heterocycles. The normalized spacial score (nSPS) is 11.4. The van der Waals surface area contributed by atoms with Crippen LogP contribution in [0, 0.1) is 5.82 Å². The van der Waals surface area contributed by atoms with Crippen LogP contribution in [0.4, 0.5) is 10.3 Å². The van der Waals surface area contributed by atoms with Gasteiger partial charge in [-0.05, 0) is 54.4 Å². The van der Waals surface area contributed by atoms with Gasteiger partial charge in [-0.15, -0.1) is 0 Å². The van der Waals surface area contributed by atoms with Crippen LogP contribution >= 0.6 is 0 Å². The van der Waals surface area contributed by atoms with Gasteiger partial charge in [0.05, 0.1) is 19.4 Å². The number of nitrogens with one attached hydrogen (secondary N) is 1. The summed E-state index contributed by atoms with van der Waals surface area (Å²) in [5.41, 5.74) is 3.95. The summed E-state index contributed by atoms with van der Waals surface area (Å²) >= 11 is 0. The quantitative estimate of drug-likeness (QED) is 0.345. The largest absolute Gasteiger partial charge is 0.494 e. The minimum Gasteiger partial charge on any atom is -0.494 e. The molecule has 0 saturated carbocycles. The fourth-order valence-electron chi connectivity index (χ4n) is 3.44. The van der Waals surface area contributed by atoms with E-state index in [0.29, 0.717) is 6.61 Å². The molecule has 9 nitrogen and oxygen atoms in total. The van der Waals surface area contributed by atoms with E-state index in [1.165, 1.54) is 23.7 Å². The highest BCUT2D eigenvalue weighted by molar-refractivity contribution is 5.80. The van der Waals surface area contributed by atoms with Gasteiger partial charge in [0.2, 0.25) is 5.95 Å². The molecule has 0 amide bonds. The smallest absolute Gasteiger partial charge is 0.332 e. The number of benzene rings is 2. The Labute approximate surface area is 188 Å². The van der Waals surface area contributed by atoms with Crippen molar-refractivity contribution < 1.29 is 9.13 Å². The molecule has 2 aromatic carbocycles.